The molecule has 45 heavy (non-hydrogen) atoms. The number of aromatic nitrogens is 3. The third-order valence-electron chi connectivity index (χ3n) is 9.39. The number of benzene rings is 7. The van der Waals surface area contributed by atoms with Crippen molar-refractivity contribution in [2.24, 2.45) is 0 Å². The summed E-state index contributed by atoms with van der Waals surface area (Å²) >= 11 is 0. The number of fused-ring (bicyclic) bond motifs is 5. The van der Waals surface area contributed by atoms with Crippen molar-refractivity contribution >= 4 is 65.0 Å². The fourth-order valence-electron chi connectivity index (χ4n) is 7.37. The van der Waals surface area contributed by atoms with Gasteiger partial charge in [-0.25, -0.2) is 0 Å². The third kappa shape index (κ3) is 3.52. The van der Waals surface area contributed by atoms with E-state index in [1.165, 1.54) is 65.4 Å². The van der Waals surface area contributed by atoms with Gasteiger partial charge in [-0.1, -0.05) is 97.1 Å². The summed E-state index contributed by atoms with van der Waals surface area (Å²) in [6, 6.07) is 50.2. The van der Waals surface area contributed by atoms with Gasteiger partial charge >= 0.3 is 0 Å². The first-order chi connectivity index (χ1) is 22.3. The molecule has 10 aromatic rings. The Morgan fingerprint density at radius 1 is 0.422 bits per heavy atom. The van der Waals surface area contributed by atoms with Gasteiger partial charge in [-0.05, 0) is 80.3 Å². The number of hydrogen-bond acceptors (Lipinski definition) is 2. The minimum Gasteiger partial charge on any atom is -0.309 e. The van der Waals surface area contributed by atoms with Crippen LogP contribution in [-0.4, -0.2) is 14.5 Å². The van der Waals surface area contributed by atoms with E-state index in [0.717, 1.165) is 27.7 Å². The number of pyridine rings is 2. The van der Waals surface area contributed by atoms with Crippen LogP contribution >= 0.6 is 0 Å². The van der Waals surface area contributed by atoms with Crippen LogP contribution in [0.3, 0.4) is 0 Å². The van der Waals surface area contributed by atoms with Crippen LogP contribution in [0.4, 0.5) is 0 Å². The second-order valence-corrected chi connectivity index (χ2v) is 11.8. The van der Waals surface area contributed by atoms with E-state index >= 15 is 0 Å². The zero-order valence-corrected chi connectivity index (χ0v) is 24.3. The van der Waals surface area contributed by atoms with E-state index in [1.54, 1.807) is 0 Å². The van der Waals surface area contributed by atoms with Crippen LogP contribution in [0.5, 0.6) is 0 Å². The van der Waals surface area contributed by atoms with Crippen molar-refractivity contribution < 1.29 is 0 Å². The van der Waals surface area contributed by atoms with Crippen molar-refractivity contribution in [1.29, 1.82) is 0 Å². The maximum absolute atomic E-state index is 4.91. The largest absolute Gasteiger partial charge is 0.309 e. The highest BCUT2D eigenvalue weighted by molar-refractivity contribution is 6.34. The maximum Gasteiger partial charge on any atom is 0.0718 e. The quantitative estimate of drug-likeness (QED) is 0.198. The second kappa shape index (κ2) is 9.22. The Kier molecular flexibility index (Phi) is 5.00. The monoisotopic (exact) mass is 571 g/mol. The molecule has 3 heteroatoms. The van der Waals surface area contributed by atoms with Crippen molar-refractivity contribution in [1.82, 2.24) is 14.5 Å². The van der Waals surface area contributed by atoms with Gasteiger partial charge in [-0.2, -0.15) is 0 Å². The summed E-state index contributed by atoms with van der Waals surface area (Å²) in [5.41, 5.74) is 8.87. The Morgan fingerprint density at radius 2 is 1.18 bits per heavy atom. The fraction of sp³-hybridized carbons (Fsp3) is 0. The predicted octanol–water partition coefficient (Wildman–Crippen LogP) is 11.0. The Morgan fingerprint density at radius 3 is 2.09 bits per heavy atom. The van der Waals surface area contributed by atoms with E-state index in [4.69, 9.17) is 4.98 Å². The molecular weight excluding hydrogens is 546 g/mol. The molecule has 10 rings (SSSR count). The molecule has 0 aliphatic heterocycles. The minimum atomic E-state index is 0.923. The van der Waals surface area contributed by atoms with Crippen LogP contribution in [-0.2, 0) is 0 Å². The average Bonchev–Trinajstić information content (AvgIpc) is 3.44. The van der Waals surface area contributed by atoms with Crippen LogP contribution in [0.1, 0.15) is 0 Å². The van der Waals surface area contributed by atoms with Gasteiger partial charge in [0.2, 0.25) is 0 Å². The molecule has 0 bridgehead atoms. The lowest BCUT2D eigenvalue weighted by molar-refractivity contribution is 1.18. The fourth-order valence-corrected chi connectivity index (χ4v) is 7.37. The van der Waals surface area contributed by atoms with E-state index in [-0.39, 0.29) is 0 Å². The lowest BCUT2D eigenvalue weighted by Gasteiger charge is -2.16. The Hall–Kier alpha value is -6.06. The van der Waals surface area contributed by atoms with Crippen LogP contribution < -0.4 is 0 Å². The molecular formula is C42H25N3. The Bertz CT molecular complexity index is 2740. The van der Waals surface area contributed by atoms with Crippen LogP contribution in [0.2, 0.25) is 0 Å². The zero-order valence-electron chi connectivity index (χ0n) is 24.3. The number of rotatable bonds is 3. The first kappa shape index (κ1) is 24.4. The second-order valence-electron chi connectivity index (χ2n) is 11.8. The smallest absolute Gasteiger partial charge is 0.0718 e. The van der Waals surface area contributed by atoms with E-state index in [9.17, 15) is 0 Å². The maximum atomic E-state index is 4.91. The highest BCUT2D eigenvalue weighted by Crippen LogP contribution is 2.45. The van der Waals surface area contributed by atoms with Crippen LogP contribution in [0.25, 0.3) is 93.1 Å². The molecule has 0 amide bonds. The predicted molar refractivity (Wildman–Crippen MR) is 188 cm³/mol. The molecule has 0 aliphatic carbocycles. The van der Waals surface area contributed by atoms with Crippen LogP contribution in [0, 0.1) is 0 Å². The first-order valence-corrected chi connectivity index (χ1v) is 15.3. The normalized spacial score (nSPS) is 12.0. The van der Waals surface area contributed by atoms with Gasteiger partial charge in [-0.3, -0.25) is 9.97 Å². The van der Waals surface area contributed by atoms with E-state index in [1.807, 2.05) is 30.6 Å². The molecule has 0 N–H and O–H groups in total. The molecule has 7 aromatic carbocycles. The van der Waals surface area contributed by atoms with Crippen molar-refractivity contribution in [2.45, 2.75) is 0 Å². The molecule has 3 heterocycles. The third-order valence-corrected chi connectivity index (χ3v) is 9.39. The van der Waals surface area contributed by atoms with Crippen molar-refractivity contribution in [3.63, 3.8) is 0 Å². The van der Waals surface area contributed by atoms with Crippen molar-refractivity contribution in [3.8, 4) is 28.1 Å². The summed E-state index contributed by atoms with van der Waals surface area (Å²) in [5.74, 6) is 0. The van der Waals surface area contributed by atoms with Crippen LogP contribution in [0.15, 0.2) is 152 Å². The van der Waals surface area contributed by atoms with Gasteiger partial charge in [-0.15, -0.1) is 0 Å². The molecule has 208 valence electrons. The summed E-state index contributed by atoms with van der Waals surface area (Å²) in [5, 5.41) is 11.4. The molecule has 0 saturated heterocycles. The topological polar surface area (TPSA) is 30.7 Å². The molecule has 3 aromatic heterocycles. The summed E-state index contributed by atoms with van der Waals surface area (Å²) in [6.07, 6.45) is 3.92. The van der Waals surface area contributed by atoms with Gasteiger partial charge in [0.1, 0.15) is 0 Å². The Balaban J connectivity index is 1.19. The summed E-state index contributed by atoms with van der Waals surface area (Å²) < 4.78 is 2.41. The average molecular weight is 572 g/mol. The molecule has 0 fully saturated rings. The summed E-state index contributed by atoms with van der Waals surface area (Å²) in [7, 11) is 0. The number of hydrogen-bond donors (Lipinski definition) is 0. The van der Waals surface area contributed by atoms with E-state index in [0.29, 0.717) is 0 Å². The molecule has 0 atom stereocenters. The van der Waals surface area contributed by atoms with Gasteiger partial charge in [0.05, 0.1) is 22.2 Å². The standard InChI is InChI=1S/C42H25N3/c1-2-9-31(10-3-1)45-38-13-7-5-11-34(38)42-35-20-15-26-14-18-32(33-19-16-28(23-39(42)45)41(35)40(26)33)29-17-21-37(43-24-29)30-22-27-8-4-6-12-36(27)44-25-30/h1-25H. The van der Waals surface area contributed by atoms with E-state index < -0.39 is 0 Å². The minimum absolute atomic E-state index is 0.923. The number of para-hydroxylation sites is 3. The molecule has 0 aliphatic rings. The summed E-state index contributed by atoms with van der Waals surface area (Å²) in [4.78, 5) is 9.55. The summed E-state index contributed by atoms with van der Waals surface area (Å²) in [6.45, 7) is 0. The lowest BCUT2D eigenvalue weighted by Crippen LogP contribution is -1.94. The van der Waals surface area contributed by atoms with Gasteiger partial charge < -0.3 is 4.57 Å². The lowest BCUT2D eigenvalue weighted by atomic mass is 9.88. The SMILES string of the molecule is c1ccc(-n2c3ccccc3c3c4ccc5ccc(-c6ccc(-c7cnc8ccccc8c7)nc6)c6ccc(cc32)c4c56)cc1. The molecule has 3 nitrogen and oxygen atoms in total. The first-order valence-electron chi connectivity index (χ1n) is 15.3. The molecule has 0 saturated carbocycles. The highest BCUT2D eigenvalue weighted by Gasteiger charge is 2.19. The number of nitrogens with zero attached hydrogens (tertiary/aromatic N) is 3. The molecule has 0 spiro atoms. The molecule has 0 unspecified atom stereocenters. The van der Waals surface area contributed by atoms with Gasteiger partial charge in [0.25, 0.3) is 0 Å². The van der Waals surface area contributed by atoms with Gasteiger partial charge in [0, 0.05) is 45.4 Å². The van der Waals surface area contributed by atoms with Gasteiger partial charge in [0.15, 0.2) is 0 Å². The van der Waals surface area contributed by atoms with Crippen molar-refractivity contribution in [3.05, 3.63) is 152 Å². The molecule has 0 radical (unpaired) electrons. The highest BCUT2D eigenvalue weighted by atomic mass is 15.0. The Labute approximate surface area is 259 Å². The zero-order chi connectivity index (χ0) is 29.5. The van der Waals surface area contributed by atoms with Crippen molar-refractivity contribution in [2.75, 3.05) is 0 Å². The van der Waals surface area contributed by atoms with E-state index in [2.05, 4.69) is 131 Å².